The molecule has 0 spiro atoms. The average Bonchev–Trinajstić information content (AvgIpc) is 3.18. The fraction of sp³-hybridized carbons (Fsp3) is 0.208. The lowest BCUT2D eigenvalue weighted by Gasteiger charge is -2.15. The zero-order chi connectivity index (χ0) is 23.8. The molecule has 0 radical (unpaired) electrons. The molecule has 2 heterocycles. The van der Waals surface area contributed by atoms with Gasteiger partial charge in [0.1, 0.15) is 10.6 Å². The summed E-state index contributed by atoms with van der Waals surface area (Å²) in [7, 11) is -2.29. The Bertz CT molecular complexity index is 1400. The smallest absolute Gasteiger partial charge is 0.267 e. The molecule has 170 valence electrons. The van der Waals surface area contributed by atoms with E-state index in [0.29, 0.717) is 11.4 Å². The number of benzene rings is 2. The molecule has 8 nitrogen and oxygen atoms in total. The number of nitrogens with one attached hydrogen (secondary N) is 1. The molecule has 0 fully saturated rings. The number of hydrogen-bond acceptors (Lipinski definition) is 6. The third kappa shape index (κ3) is 4.73. The Morgan fingerprint density at radius 3 is 2.09 bits per heavy atom. The molecule has 2 aromatic heterocycles. The zero-order valence-corrected chi connectivity index (χ0v) is 19.9. The lowest BCUT2D eigenvalue weighted by molar-refractivity contribution is 0.456. The van der Waals surface area contributed by atoms with Crippen molar-refractivity contribution >= 4 is 16.0 Å². The van der Waals surface area contributed by atoms with Crippen molar-refractivity contribution in [3.05, 3.63) is 77.1 Å². The molecule has 0 aliphatic rings. The maximum absolute atomic E-state index is 12.9. The first-order valence-corrected chi connectivity index (χ1v) is 11.8. The van der Waals surface area contributed by atoms with Gasteiger partial charge < -0.3 is 4.74 Å². The van der Waals surface area contributed by atoms with Gasteiger partial charge in [-0.25, -0.2) is 18.1 Å². The lowest BCUT2D eigenvalue weighted by Crippen LogP contribution is -2.15. The molecule has 0 saturated heterocycles. The molecule has 33 heavy (non-hydrogen) atoms. The number of aryl methyl sites for hydroxylation is 5. The molecular formula is C24H25N5O3S. The highest BCUT2D eigenvalue weighted by molar-refractivity contribution is 7.92. The SMILES string of the molecule is Cc1cccc(C)c1Oc1cc(-c2c(C)cccc2C)nc(NS(=O)(=O)c2cnn(C)c2)n1. The summed E-state index contributed by atoms with van der Waals surface area (Å²) in [6, 6.07) is 13.5. The fourth-order valence-electron chi connectivity index (χ4n) is 3.65. The van der Waals surface area contributed by atoms with Crippen LogP contribution in [0.3, 0.4) is 0 Å². The van der Waals surface area contributed by atoms with Crippen LogP contribution in [0.5, 0.6) is 11.6 Å². The largest absolute Gasteiger partial charge is 0.438 e. The number of aromatic nitrogens is 4. The summed E-state index contributed by atoms with van der Waals surface area (Å²) in [4.78, 5) is 8.90. The maximum Gasteiger partial charge on any atom is 0.267 e. The molecule has 1 N–H and O–H groups in total. The minimum Gasteiger partial charge on any atom is -0.438 e. The van der Waals surface area contributed by atoms with Gasteiger partial charge in [0.2, 0.25) is 11.8 Å². The number of anilines is 1. The van der Waals surface area contributed by atoms with Crippen LogP contribution < -0.4 is 9.46 Å². The normalized spacial score (nSPS) is 11.4. The third-order valence-corrected chi connectivity index (χ3v) is 6.56. The Hall–Kier alpha value is -3.72. The van der Waals surface area contributed by atoms with E-state index in [1.165, 1.54) is 17.1 Å². The Kier molecular flexibility index (Phi) is 5.90. The van der Waals surface area contributed by atoms with Gasteiger partial charge in [-0.3, -0.25) is 4.68 Å². The van der Waals surface area contributed by atoms with Crippen molar-refractivity contribution < 1.29 is 13.2 Å². The number of para-hydroxylation sites is 1. The van der Waals surface area contributed by atoms with Gasteiger partial charge in [0.15, 0.2) is 0 Å². The molecule has 4 rings (SSSR count). The highest BCUT2D eigenvalue weighted by atomic mass is 32.2. The van der Waals surface area contributed by atoms with Crippen molar-refractivity contribution in [2.45, 2.75) is 32.6 Å². The van der Waals surface area contributed by atoms with Gasteiger partial charge in [-0.2, -0.15) is 10.1 Å². The predicted molar refractivity (Wildman–Crippen MR) is 127 cm³/mol. The fourth-order valence-corrected chi connectivity index (χ4v) is 4.58. The Labute approximate surface area is 193 Å². The number of ether oxygens (including phenoxy) is 1. The van der Waals surface area contributed by atoms with Crippen LogP contribution in [-0.2, 0) is 17.1 Å². The molecule has 4 aromatic rings. The van der Waals surface area contributed by atoms with Crippen LogP contribution in [0.25, 0.3) is 11.3 Å². The minimum absolute atomic E-state index is 0.0169. The maximum atomic E-state index is 12.9. The predicted octanol–water partition coefficient (Wildman–Crippen LogP) is 4.70. The summed E-state index contributed by atoms with van der Waals surface area (Å²) < 4.78 is 35.8. The molecule has 0 unspecified atom stereocenters. The van der Waals surface area contributed by atoms with Crippen molar-refractivity contribution in [2.24, 2.45) is 7.05 Å². The van der Waals surface area contributed by atoms with Gasteiger partial charge in [-0.1, -0.05) is 36.4 Å². The summed E-state index contributed by atoms with van der Waals surface area (Å²) in [5.41, 5.74) is 5.36. The minimum atomic E-state index is -3.93. The summed E-state index contributed by atoms with van der Waals surface area (Å²) in [5, 5.41) is 3.94. The van der Waals surface area contributed by atoms with E-state index < -0.39 is 10.0 Å². The first kappa shape index (κ1) is 22.5. The second kappa shape index (κ2) is 8.67. The van der Waals surface area contributed by atoms with Crippen LogP contribution in [0.4, 0.5) is 5.95 Å². The highest BCUT2D eigenvalue weighted by Crippen LogP contribution is 2.33. The molecule has 9 heteroatoms. The summed E-state index contributed by atoms with van der Waals surface area (Å²) >= 11 is 0. The second-order valence-electron chi connectivity index (χ2n) is 7.96. The van der Waals surface area contributed by atoms with E-state index in [4.69, 9.17) is 4.74 Å². The van der Waals surface area contributed by atoms with Crippen molar-refractivity contribution in [2.75, 3.05) is 4.72 Å². The van der Waals surface area contributed by atoms with Crippen molar-refractivity contribution in [1.82, 2.24) is 19.7 Å². The molecular weight excluding hydrogens is 438 g/mol. The van der Waals surface area contributed by atoms with Gasteiger partial charge >= 0.3 is 0 Å². The van der Waals surface area contributed by atoms with Crippen molar-refractivity contribution in [3.63, 3.8) is 0 Å². The second-order valence-corrected chi connectivity index (χ2v) is 9.64. The Morgan fingerprint density at radius 2 is 1.52 bits per heavy atom. The quantitative estimate of drug-likeness (QED) is 0.445. The summed E-state index contributed by atoms with van der Waals surface area (Å²) in [5.74, 6) is 0.828. The molecule has 0 saturated carbocycles. The van der Waals surface area contributed by atoms with E-state index >= 15 is 0 Å². The topological polar surface area (TPSA) is 99.0 Å². The number of nitrogens with zero attached hydrogens (tertiary/aromatic N) is 4. The first-order valence-electron chi connectivity index (χ1n) is 10.4. The van der Waals surface area contributed by atoms with Crippen LogP contribution in [0.15, 0.2) is 59.8 Å². The zero-order valence-electron chi connectivity index (χ0n) is 19.1. The first-order chi connectivity index (χ1) is 15.6. The molecule has 0 atom stereocenters. The number of sulfonamides is 1. The Balaban J connectivity index is 1.83. The molecule has 0 aliphatic carbocycles. The third-order valence-electron chi connectivity index (χ3n) is 5.27. The van der Waals surface area contributed by atoms with Crippen LogP contribution in [0.2, 0.25) is 0 Å². The van der Waals surface area contributed by atoms with E-state index in [0.717, 1.165) is 27.8 Å². The van der Waals surface area contributed by atoms with Crippen molar-refractivity contribution in [1.29, 1.82) is 0 Å². The van der Waals surface area contributed by atoms with Crippen LogP contribution >= 0.6 is 0 Å². The van der Waals surface area contributed by atoms with Gasteiger partial charge in [0.25, 0.3) is 10.0 Å². The molecule has 0 amide bonds. The Morgan fingerprint density at radius 1 is 0.909 bits per heavy atom. The molecule has 0 aliphatic heterocycles. The summed E-state index contributed by atoms with van der Waals surface area (Å²) in [6.45, 7) is 7.86. The van der Waals surface area contributed by atoms with Crippen molar-refractivity contribution in [3.8, 4) is 22.9 Å². The standard InChI is InChI=1S/C24H25N5O3S/c1-15-8-6-9-16(2)22(15)20-12-21(32-23-17(3)10-7-11-18(23)4)27-24(26-20)28-33(30,31)19-13-25-29(5)14-19/h6-14H,1-5H3,(H,26,27,28). The van der Waals surface area contributed by atoms with Crippen LogP contribution in [-0.4, -0.2) is 28.2 Å². The average molecular weight is 464 g/mol. The van der Waals surface area contributed by atoms with E-state index in [9.17, 15) is 8.42 Å². The lowest BCUT2D eigenvalue weighted by atomic mass is 10.00. The molecule has 0 bridgehead atoms. The van der Waals surface area contributed by atoms with E-state index in [1.807, 2.05) is 64.1 Å². The van der Waals surface area contributed by atoms with Crippen LogP contribution in [0, 0.1) is 27.7 Å². The van der Waals surface area contributed by atoms with Gasteiger partial charge in [0, 0.05) is 24.9 Å². The van der Waals surface area contributed by atoms with Gasteiger partial charge in [-0.15, -0.1) is 0 Å². The van der Waals surface area contributed by atoms with E-state index in [1.54, 1.807) is 13.1 Å². The van der Waals surface area contributed by atoms with E-state index in [-0.39, 0.29) is 16.7 Å². The number of hydrogen-bond donors (Lipinski definition) is 1. The van der Waals surface area contributed by atoms with Gasteiger partial charge in [-0.05, 0) is 49.9 Å². The van der Waals surface area contributed by atoms with Gasteiger partial charge in [0.05, 0.1) is 11.9 Å². The van der Waals surface area contributed by atoms with E-state index in [2.05, 4.69) is 19.8 Å². The number of rotatable bonds is 6. The highest BCUT2D eigenvalue weighted by Gasteiger charge is 2.20. The van der Waals surface area contributed by atoms with Crippen LogP contribution in [0.1, 0.15) is 22.3 Å². The monoisotopic (exact) mass is 463 g/mol. The molecule has 2 aromatic carbocycles. The summed E-state index contributed by atoms with van der Waals surface area (Å²) in [6.07, 6.45) is 2.68.